The van der Waals surface area contributed by atoms with E-state index in [0.29, 0.717) is 19.4 Å². The first-order chi connectivity index (χ1) is 12.5. The van der Waals surface area contributed by atoms with Crippen molar-refractivity contribution in [1.82, 2.24) is 15.5 Å². The lowest BCUT2D eigenvalue weighted by molar-refractivity contribution is -0.137. The van der Waals surface area contributed by atoms with Crippen LogP contribution in [0.15, 0.2) is 0 Å². The summed E-state index contributed by atoms with van der Waals surface area (Å²) in [6.45, 7) is 0.638. The lowest BCUT2D eigenvalue weighted by Crippen LogP contribution is -2.50. The van der Waals surface area contributed by atoms with Gasteiger partial charge in [-0.3, -0.25) is 14.4 Å². The van der Waals surface area contributed by atoms with Gasteiger partial charge in [-0.2, -0.15) is 11.8 Å². The van der Waals surface area contributed by atoms with Gasteiger partial charge in [0.25, 0.3) is 0 Å². The molecule has 1 unspecified atom stereocenters. The molecule has 6 nitrogen and oxygen atoms in total. The molecule has 2 N–H and O–H groups in total. The summed E-state index contributed by atoms with van der Waals surface area (Å²) in [5.41, 5.74) is 0. The number of thioether (sulfide) groups is 1. The summed E-state index contributed by atoms with van der Waals surface area (Å²) in [4.78, 5) is 38.2. The highest BCUT2D eigenvalue weighted by Crippen LogP contribution is 2.22. The summed E-state index contributed by atoms with van der Waals surface area (Å²) in [5, 5.41) is 6.11. The van der Waals surface area contributed by atoms with E-state index in [1.807, 2.05) is 11.8 Å². The first-order valence-corrected chi connectivity index (χ1v) is 11.3. The van der Waals surface area contributed by atoms with Gasteiger partial charge in [0.05, 0.1) is 0 Å². The van der Waals surface area contributed by atoms with Crippen molar-refractivity contribution in [2.24, 2.45) is 5.92 Å². The zero-order valence-electron chi connectivity index (χ0n) is 16.1. The van der Waals surface area contributed by atoms with Crippen LogP contribution in [0.4, 0.5) is 0 Å². The van der Waals surface area contributed by atoms with Crippen molar-refractivity contribution in [2.45, 2.75) is 69.9 Å². The fourth-order valence-electron chi connectivity index (χ4n) is 3.82. The summed E-state index contributed by atoms with van der Waals surface area (Å²) in [5.74, 6) is 0.437. The maximum Gasteiger partial charge on any atom is 0.234 e. The Morgan fingerprint density at radius 2 is 1.77 bits per heavy atom. The third kappa shape index (κ3) is 6.18. The van der Waals surface area contributed by atoms with Crippen molar-refractivity contribution in [2.75, 3.05) is 25.6 Å². The molecule has 0 radical (unpaired) electrons. The topological polar surface area (TPSA) is 78.5 Å². The average molecular weight is 384 g/mol. The standard InChI is InChI=1S/C19H33N3O3S/c1-22-12-11-14(19(22)25)18(24)21-16-9-7-8-15(16)20-17(23)10-5-3-4-6-13-26-2/h14-16H,3-13H2,1-2H3,(H,20,23)(H,21,24)/t14?,15-,16+/m1/s1. The van der Waals surface area contributed by atoms with Crippen LogP contribution in [-0.2, 0) is 14.4 Å². The van der Waals surface area contributed by atoms with E-state index in [9.17, 15) is 14.4 Å². The van der Waals surface area contributed by atoms with Crippen molar-refractivity contribution in [3.8, 4) is 0 Å². The Labute approximate surface area is 161 Å². The zero-order valence-corrected chi connectivity index (χ0v) is 16.9. The van der Waals surface area contributed by atoms with E-state index in [-0.39, 0.29) is 29.8 Å². The Bertz CT molecular complexity index is 500. The summed E-state index contributed by atoms with van der Waals surface area (Å²) in [6, 6.07) is -0.0519. The van der Waals surface area contributed by atoms with E-state index in [2.05, 4.69) is 16.9 Å². The number of carbonyl (C=O) groups is 3. The summed E-state index contributed by atoms with van der Waals surface area (Å²) >= 11 is 1.86. The van der Waals surface area contributed by atoms with E-state index < -0.39 is 5.92 Å². The van der Waals surface area contributed by atoms with Gasteiger partial charge in [0, 0.05) is 32.1 Å². The highest BCUT2D eigenvalue weighted by atomic mass is 32.2. The number of nitrogens with zero attached hydrogens (tertiary/aromatic N) is 1. The fraction of sp³-hybridized carbons (Fsp3) is 0.842. The van der Waals surface area contributed by atoms with Crippen molar-refractivity contribution in [3.05, 3.63) is 0 Å². The quantitative estimate of drug-likeness (QED) is 0.446. The van der Waals surface area contributed by atoms with Gasteiger partial charge in [-0.15, -0.1) is 0 Å². The Morgan fingerprint density at radius 1 is 1.08 bits per heavy atom. The molecule has 3 amide bonds. The van der Waals surface area contributed by atoms with E-state index in [0.717, 1.165) is 32.1 Å². The number of nitrogens with one attached hydrogen (secondary N) is 2. The average Bonchev–Trinajstić information content (AvgIpc) is 3.18. The molecule has 1 aliphatic heterocycles. The molecule has 148 valence electrons. The van der Waals surface area contributed by atoms with Crippen LogP contribution < -0.4 is 10.6 Å². The Balaban J connectivity index is 1.69. The van der Waals surface area contributed by atoms with Gasteiger partial charge in [0.1, 0.15) is 5.92 Å². The van der Waals surface area contributed by atoms with E-state index in [1.165, 1.54) is 18.6 Å². The van der Waals surface area contributed by atoms with Gasteiger partial charge >= 0.3 is 0 Å². The zero-order chi connectivity index (χ0) is 18.9. The number of amides is 3. The van der Waals surface area contributed by atoms with Crippen LogP contribution >= 0.6 is 11.8 Å². The molecular weight excluding hydrogens is 350 g/mol. The minimum absolute atomic E-state index is 0.00261. The second-order valence-electron chi connectivity index (χ2n) is 7.48. The molecule has 2 fully saturated rings. The largest absolute Gasteiger partial charge is 0.351 e. The van der Waals surface area contributed by atoms with E-state index in [4.69, 9.17) is 0 Å². The van der Waals surface area contributed by atoms with E-state index >= 15 is 0 Å². The number of rotatable bonds is 10. The molecule has 0 spiro atoms. The fourth-order valence-corrected chi connectivity index (χ4v) is 4.31. The van der Waals surface area contributed by atoms with Crippen LogP contribution in [0, 0.1) is 5.92 Å². The highest BCUT2D eigenvalue weighted by Gasteiger charge is 2.37. The number of carbonyl (C=O) groups excluding carboxylic acids is 3. The lowest BCUT2D eigenvalue weighted by atomic mass is 10.1. The second-order valence-corrected chi connectivity index (χ2v) is 8.46. The Morgan fingerprint density at radius 3 is 2.42 bits per heavy atom. The monoisotopic (exact) mass is 383 g/mol. The highest BCUT2D eigenvalue weighted by molar-refractivity contribution is 7.98. The molecular formula is C19H33N3O3S. The van der Waals surface area contributed by atoms with Crippen LogP contribution in [0.5, 0.6) is 0 Å². The molecule has 0 aromatic rings. The maximum absolute atomic E-state index is 12.4. The normalized spacial score (nSPS) is 25.5. The lowest BCUT2D eigenvalue weighted by Gasteiger charge is -2.23. The molecule has 3 atom stereocenters. The van der Waals surface area contributed by atoms with Crippen LogP contribution in [-0.4, -0.2) is 60.3 Å². The molecule has 0 aromatic heterocycles. The second kappa shape index (κ2) is 10.8. The van der Waals surface area contributed by atoms with Crippen molar-refractivity contribution in [3.63, 3.8) is 0 Å². The first-order valence-electron chi connectivity index (χ1n) is 9.86. The Hall–Kier alpha value is -1.24. The molecule has 1 heterocycles. The van der Waals surface area contributed by atoms with Gasteiger partial charge in [-0.05, 0) is 50.5 Å². The number of likely N-dealkylation sites (tertiary alicyclic amines) is 1. The third-order valence-corrected chi connectivity index (χ3v) is 6.13. The van der Waals surface area contributed by atoms with Crippen LogP contribution in [0.1, 0.15) is 57.8 Å². The predicted octanol–water partition coefficient (Wildman–Crippen LogP) is 1.93. The van der Waals surface area contributed by atoms with Gasteiger partial charge < -0.3 is 15.5 Å². The van der Waals surface area contributed by atoms with Gasteiger partial charge in [0.15, 0.2) is 0 Å². The van der Waals surface area contributed by atoms with Gasteiger partial charge in [0.2, 0.25) is 17.7 Å². The van der Waals surface area contributed by atoms with Crippen LogP contribution in [0.25, 0.3) is 0 Å². The molecule has 2 aliphatic rings. The summed E-state index contributed by atoms with van der Waals surface area (Å²) < 4.78 is 0. The predicted molar refractivity (Wildman–Crippen MR) is 105 cm³/mol. The molecule has 1 aliphatic carbocycles. The van der Waals surface area contributed by atoms with Gasteiger partial charge in [-0.1, -0.05) is 12.8 Å². The molecule has 1 saturated carbocycles. The molecule has 0 bridgehead atoms. The van der Waals surface area contributed by atoms with Crippen molar-refractivity contribution < 1.29 is 14.4 Å². The van der Waals surface area contributed by atoms with Crippen LogP contribution in [0.3, 0.4) is 0 Å². The SMILES string of the molecule is CSCCCCCCC(=O)N[C@@H]1CCC[C@@H]1NC(=O)C1CCN(C)C1=O. The number of hydrogen-bond acceptors (Lipinski definition) is 4. The molecule has 2 rings (SSSR count). The van der Waals surface area contributed by atoms with Crippen molar-refractivity contribution >= 4 is 29.5 Å². The summed E-state index contributed by atoms with van der Waals surface area (Å²) in [6.07, 6.45) is 10.4. The minimum atomic E-state index is -0.557. The smallest absolute Gasteiger partial charge is 0.234 e. The molecule has 7 heteroatoms. The van der Waals surface area contributed by atoms with Gasteiger partial charge in [-0.25, -0.2) is 0 Å². The third-order valence-electron chi connectivity index (χ3n) is 5.44. The maximum atomic E-state index is 12.4. The van der Waals surface area contributed by atoms with Crippen LogP contribution in [0.2, 0.25) is 0 Å². The molecule has 1 saturated heterocycles. The number of hydrogen-bond donors (Lipinski definition) is 2. The minimum Gasteiger partial charge on any atom is -0.351 e. The Kier molecular flexibility index (Phi) is 8.75. The molecule has 0 aromatic carbocycles. The van der Waals surface area contributed by atoms with E-state index in [1.54, 1.807) is 11.9 Å². The van der Waals surface area contributed by atoms with Crippen molar-refractivity contribution in [1.29, 1.82) is 0 Å². The molecule has 26 heavy (non-hydrogen) atoms. The first kappa shape index (κ1) is 21.1. The number of unbranched alkanes of at least 4 members (excludes halogenated alkanes) is 3. The summed E-state index contributed by atoms with van der Waals surface area (Å²) in [7, 11) is 1.73.